The monoisotopic (exact) mass is 186 g/mol. The van der Waals surface area contributed by atoms with Crippen molar-refractivity contribution >= 4 is 0 Å². The van der Waals surface area contributed by atoms with E-state index in [9.17, 15) is 4.39 Å². The molecule has 2 nitrogen and oxygen atoms in total. The van der Waals surface area contributed by atoms with E-state index in [4.69, 9.17) is 5.73 Å². The molecule has 3 heteroatoms. The largest absolute Gasteiger partial charge is 0.328 e. The molecule has 0 aromatic carbocycles. The molecule has 1 heterocycles. The maximum atomic E-state index is 12.5. The van der Waals surface area contributed by atoms with Crippen LogP contribution in [0.1, 0.15) is 25.7 Å². The van der Waals surface area contributed by atoms with Crippen LogP contribution in [0.2, 0.25) is 0 Å². The Hall–Kier alpha value is -0.150. The smallest absolute Gasteiger partial charge is 0.125 e. The molecule has 0 radical (unpaired) electrons. The molecule has 2 N–H and O–H groups in total. The van der Waals surface area contributed by atoms with Crippen molar-refractivity contribution in [1.82, 2.24) is 4.90 Å². The van der Waals surface area contributed by atoms with E-state index in [0.717, 1.165) is 25.3 Å². The summed E-state index contributed by atoms with van der Waals surface area (Å²) in [6, 6.07) is 0.432. The van der Waals surface area contributed by atoms with Gasteiger partial charge in [0.15, 0.2) is 0 Å². The molecule has 0 aromatic rings. The van der Waals surface area contributed by atoms with Crippen LogP contribution in [-0.2, 0) is 0 Å². The lowest BCUT2D eigenvalue weighted by atomic mass is 9.85. The Kier molecular flexibility index (Phi) is 2.84. The van der Waals surface area contributed by atoms with Gasteiger partial charge >= 0.3 is 0 Å². The minimum absolute atomic E-state index is 0.432. The summed E-state index contributed by atoms with van der Waals surface area (Å²) in [5, 5.41) is 0. The molecule has 0 amide bonds. The van der Waals surface area contributed by atoms with Crippen LogP contribution in [0.25, 0.3) is 0 Å². The van der Waals surface area contributed by atoms with E-state index in [2.05, 4.69) is 4.90 Å². The number of hydrogen-bond donors (Lipinski definition) is 1. The van der Waals surface area contributed by atoms with Crippen LogP contribution in [0, 0.1) is 5.92 Å². The van der Waals surface area contributed by atoms with Crippen molar-refractivity contribution in [3.63, 3.8) is 0 Å². The second kappa shape index (κ2) is 3.93. The first-order valence-corrected chi connectivity index (χ1v) is 5.36. The van der Waals surface area contributed by atoms with Gasteiger partial charge in [0, 0.05) is 25.7 Å². The minimum Gasteiger partial charge on any atom is -0.328 e. The van der Waals surface area contributed by atoms with Crippen molar-refractivity contribution in [2.75, 3.05) is 19.6 Å². The highest BCUT2D eigenvalue weighted by Gasteiger charge is 2.29. The second-order valence-electron chi connectivity index (χ2n) is 4.60. The van der Waals surface area contributed by atoms with Gasteiger partial charge in [-0.25, -0.2) is 4.39 Å². The van der Waals surface area contributed by atoms with E-state index in [1.165, 1.54) is 12.8 Å². The fourth-order valence-electron chi connectivity index (χ4n) is 2.39. The molecule has 2 fully saturated rings. The Morgan fingerprint density at radius 1 is 1.15 bits per heavy atom. The van der Waals surface area contributed by atoms with Crippen LogP contribution in [0.4, 0.5) is 4.39 Å². The minimum atomic E-state index is -0.550. The number of nitrogens with two attached hydrogens (primary N) is 1. The molecule has 0 aromatic heterocycles. The maximum absolute atomic E-state index is 12.5. The molecule has 2 rings (SSSR count). The molecule has 0 bridgehead atoms. The molecule has 1 aliphatic carbocycles. The zero-order valence-corrected chi connectivity index (χ0v) is 8.08. The molecule has 1 saturated carbocycles. The van der Waals surface area contributed by atoms with Gasteiger partial charge in [0.05, 0.1) is 0 Å². The lowest BCUT2D eigenvalue weighted by Gasteiger charge is -2.38. The van der Waals surface area contributed by atoms with Gasteiger partial charge in [-0.3, -0.25) is 4.90 Å². The fraction of sp³-hybridized carbons (Fsp3) is 1.00. The first kappa shape index (κ1) is 9.41. The first-order chi connectivity index (χ1) is 6.24. The lowest BCUT2D eigenvalue weighted by Crippen LogP contribution is -2.50. The zero-order valence-electron chi connectivity index (χ0n) is 8.08. The van der Waals surface area contributed by atoms with Crippen molar-refractivity contribution in [2.24, 2.45) is 11.7 Å². The van der Waals surface area contributed by atoms with Gasteiger partial charge in [0.1, 0.15) is 6.17 Å². The molecule has 76 valence electrons. The van der Waals surface area contributed by atoms with E-state index in [-0.39, 0.29) is 0 Å². The van der Waals surface area contributed by atoms with Crippen molar-refractivity contribution in [2.45, 2.75) is 37.9 Å². The Labute approximate surface area is 79.3 Å². The van der Waals surface area contributed by atoms with Crippen LogP contribution >= 0.6 is 0 Å². The third-order valence-electron chi connectivity index (χ3n) is 3.32. The van der Waals surface area contributed by atoms with Crippen molar-refractivity contribution in [3.8, 4) is 0 Å². The van der Waals surface area contributed by atoms with E-state index in [1.54, 1.807) is 0 Å². The van der Waals surface area contributed by atoms with Crippen molar-refractivity contribution < 1.29 is 4.39 Å². The van der Waals surface area contributed by atoms with Gasteiger partial charge in [-0.05, 0) is 31.6 Å². The predicted molar refractivity (Wildman–Crippen MR) is 51.3 cm³/mol. The Morgan fingerprint density at radius 2 is 1.77 bits per heavy atom. The normalized spacial score (nSPS) is 37.4. The summed E-state index contributed by atoms with van der Waals surface area (Å²) in [6.07, 6.45) is 4.27. The SMILES string of the molecule is NC1CCC(CN2CC(F)C2)CC1. The predicted octanol–water partition coefficient (Wildman–Crippen LogP) is 1.16. The fourth-order valence-corrected chi connectivity index (χ4v) is 2.39. The van der Waals surface area contributed by atoms with Gasteiger partial charge in [-0.15, -0.1) is 0 Å². The van der Waals surface area contributed by atoms with Crippen LogP contribution in [0.3, 0.4) is 0 Å². The van der Waals surface area contributed by atoms with Crippen molar-refractivity contribution in [3.05, 3.63) is 0 Å². The molecule has 1 saturated heterocycles. The van der Waals surface area contributed by atoms with Gasteiger partial charge in [0.2, 0.25) is 0 Å². The number of nitrogens with zero attached hydrogens (tertiary/aromatic N) is 1. The number of halogens is 1. The number of alkyl halides is 1. The third-order valence-corrected chi connectivity index (χ3v) is 3.32. The number of hydrogen-bond acceptors (Lipinski definition) is 2. The standard InChI is InChI=1S/C10H19FN2/c11-9-6-13(7-9)5-8-1-3-10(12)4-2-8/h8-10H,1-7,12H2. The highest BCUT2D eigenvalue weighted by Crippen LogP contribution is 2.25. The topological polar surface area (TPSA) is 29.3 Å². The van der Waals surface area contributed by atoms with E-state index in [0.29, 0.717) is 19.1 Å². The average Bonchev–Trinajstić information content (AvgIpc) is 2.06. The molecule has 13 heavy (non-hydrogen) atoms. The van der Waals surface area contributed by atoms with Gasteiger partial charge in [-0.1, -0.05) is 0 Å². The van der Waals surface area contributed by atoms with Crippen LogP contribution in [-0.4, -0.2) is 36.7 Å². The van der Waals surface area contributed by atoms with E-state index >= 15 is 0 Å². The summed E-state index contributed by atoms with van der Waals surface area (Å²) in [5.41, 5.74) is 5.82. The highest BCUT2D eigenvalue weighted by molar-refractivity contribution is 4.83. The zero-order chi connectivity index (χ0) is 9.26. The van der Waals surface area contributed by atoms with Crippen LogP contribution < -0.4 is 5.73 Å². The third kappa shape index (κ3) is 2.41. The quantitative estimate of drug-likeness (QED) is 0.701. The number of likely N-dealkylation sites (tertiary alicyclic amines) is 1. The van der Waals surface area contributed by atoms with Crippen LogP contribution in [0.5, 0.6) is 0 Å². The molecule has 0 atom stereocenters. The van der Waals surface area contributed by atoms with Gasteiger partial charge in [0.25, 0.3) is 0 Å². The second-order valence-corrected chi connectivity index (χ2v) is 4.60. The average molecular weight is 186 g/mol. The Balaban J connectivity index is 1.65. The molecule has 0 spiro atoms. The number of rotatable bonds is 2. The molecule has 2 aliphatic rings. The van der Waals surface area contributed by atoms with E-state index in [1.807, 2.05) is 0 Å². The molecular formula is C10H19FN2. The summed E-state index contributed by atoms with van der Waals surface area (Å²) in [4.78, 5) is 2.23. The van der Waals surface area contributed by atoms with Crippen molar-refractivity contribution in [1.29, 1.82) is 0 Å². The Bertz CT molecular complexity index is 160. The Morgan fingerprint density at radius 3 is 2.31 bits per heavy atom. The summed E-state index contributed by atoms with van der Waals surface area (Å²) in [6.45, 7) is 2.44. The molecular weight excluding hydrogens is 167 g/mol. The summed E-state index contributed by atoms with van der Waals surface area (Å²) in [7, 11) is 0. The summed E-state index contributed by atoms with van der Waals surface area (Å²) < 4.78 is 12.5. The molecule has 0 unspecified atom stereocenters. The van der Waals surface area contributed by atoms with E-state index < -0.39 is 6.17 Å². The highest BCUT2D eigenvalue weighted by atomic mass is 19.1. The summed E-state index contributed by atoms with van der Waals surface area (Å²) >= 11 is 0. The lowest BCUT2D eigenvalue weighted by molar-refractivity contribution is 0.0451. The summed E-state index contributed by atoms with van der Waals surface area (Å²) in [5.74, 6) is 0.785. The molecule has 1 aliphatic heterocycles. The van der Waals surface area contributed by atoms with Gasteiger partial charge < -0.3 is 5.73 Å². The van der Waals surface area contributed by atoms with Crippen LogP contribution in [0.15, 0.2) is 0 Å². The maximum Gasteiger partial charge on any atom is 0.125 e. The first-order valence-electron chi connectivity index (χ1n) is 5.36. The van der Waals surface area contributed by atoms with Gasteiger partial charge in [-0.2, -0.15) is 0 Å².